The minimum absolute atomic E-state index is 0.248. The van der Waals surface area contributed by atoms with E-state index < -0.39 is 16.1 Å². The van der Waals surface area contributed by atoms with Crippen molar-refractivity contribution in [2.45, 2.75) is 4.33 Å². The number of hydrogen-bond acceptors (Lipinski definition) is 2. The molecule has 0 bridgehead atoms. The number of halogens is 2. The molecule has 2 amide bonds. The molecule has 0 atom stereocenters. The van der Waals surface area contributed by atoms with Crippen molar-refractivity contribution in [3.8, 4) is 0 Å². The van der Waals surface area contributed by atoms with Crippen LogP contribution in [0.4, 0.5) is 16.2 Å². The summed E-state index contributed by atoms with van der Waals surface area (Å²) in [5.74, 6) is -0.488. The number of fused-ring (bicyclic) bond motifs is 2. The maximum atomic E-state index is 12.6. The Morgan fingerprint density at radius 1 is 1.00 bits per heavy atom. The van der Waals surface area contributed by atoms with Crippen molar-refractivity contribution in [2.24, 2.45) is 5.73 Å². The Labute approximate surface area is 131 Å². The van der Waals surface area contributed by atoms with Gasteiger partial charge in [-0.1, -0.05) is 53.5 Å². The van der Waals surface area contributed by atoms with Crippen molar-refractivity contribution in [1.82, 2.24) is 0 Å². The summed E-state index contributed by atoms with van der Waals surface area (Å²) >= 11 is 12.6. The van der Waals surface area contributed by atoms with Crippen LogP contribution in [0.25, 0.3) is 0 Å². The molecular weight excluding hydrogens is 311 g/mol. The number of urea groups is 1. The van der Waals surface area contributed by atoms with E-state index in [-0.39, 0.29) is 5.56 Å². The molecule has 2 aromatic rings. The van der Waals surface area contributed by atoms with Crippen LogP contribution in [0, 0.1) is 0 Å². The summed E-state index contributed by atoms with van der Waals surface area (Å²) in [6, 6.07) is 12.5. The molecule has 3 rings (SSSR count). The molecule has 0 unspecified atom stereocenters. The van der Waals surface area contributed by atoms with E-state index in [9.17, 15) is 9.59 Å². The van der Waals surface area contributed by atoms with Crippen molar-refractivity contribution in [2.75, 3.05) is 4.90 Å². The highest BCUT2D eigenvalue weighted by Gasteiger charge is 2.44. The third-order valence-corrected chi connectivity index (χ3v) is 4.13. The number of nitrogens with zero attached hydrogens (tertiary/aromatic N) is 1. The van der Waals surface area contributed by atoms with Crippen LogP contribution in [-0.4, -0.2) is 11.8 Å². The molecule has 0 aromatic heterocycles. The minimum atomic E-state index is -1.78. The minimum Gasteiger partial charge on any atom is -0.351 e. The molecule has 0 radical (unpaired) electrons. The first-order chi connectivity index (χ1) is 9.94. The lowest BCUT2D eigenvalue weighted by Gasteiger charge is -2.23. The molecule has 2 N–H and O–H groups in total. The van der Waals surface area contributed by atoms with Crippen LogP contribution >= 0.6 is 23.2 Å². The number of rotatable bonds is 0. The van der Waals surface area contributed by atoms with Crippen LogP contribution < -0.4 is 10.6 Å². The quantitative estimate of drug-likeness (QED) is 0.752. The first-order valence-electron chi connectivity index (χ1n) is 6.15. The summed E-state index contributed by atoms with van der Waals surface area (Å²) in [4.78, 5) is 25.8. The molecule has 1 aliphatic heterocycles. The fourth-order valence-corrected chi connectivity index (χ4v) is 2.98. The zero-order valence-corrected chi connectivity index (χ0v) is 12.2. The number of carbonyl (C=O) groups excluding carboxylic acids is 2. The number of nitrogens with two attached hydrogens (primary N) is 1. The highest BCUT2D eigenvalue weighted by Crippen LogP contribution is 2.48. The Morgan fingerprint density at radius 2 is 1.57 bits per heavy atom. The number of Topliss-reactive ketones (excluding diaryl/α,β-unsaturated/α-hetero) is 1. The van der Waals surface area contributed by atoms with Gasteiger partial charge in [-0.25, -0.2) is 4.79 Å². The summed E-state index contributed by atoms with van der Waals surface area (Å²) in [7, 11) is 0. The van der Waals surface area contributed by atoms with Crippen molar-refractivity contribution in [3.05, 3.63) is 59.7 Å². The summed E-state index contributed by atoms with van der Waals surface area (Å²) < 4.78 is -1.78. The number of anilines is 2. The van der Waals surface area contributed by atoms with Gasteiger partial charge in [0.2, 0.25) is 10.1 Å². The molecule has 1 aliphatic rings. The van der Waals surface area contributed by atoms with Crippen LogP contribution in [-0.2, 0) is 4.33 Å². The number of para-hydroxylation sites is 2. The molecule has 2 aromatic carbocycles. The standard InChI is InChI=1S/C15H10Cl2N2O2/c16-15(17)10-6-2-4-8-12(10)19(14(18)21)11-7-3-1-5-9(11)13(15)20/h1-8H,(H2,18,21). The largest absolute Gasteiger partial charge is 0.351 e. The van der Waals surface area contributed by atoms with E-state index in [4.69, 9.17) is 28.9 Å². The smallest absolute Gasteiger partial charge is 0.323 e. The fraction of sp³-hybridized carbons (Fsp3) is 0.0667. The Balaban J connectivity index is 2.42. The maximum absolute atomic E-state index is 12.6. The van der Waals surface area contributed by atoms with Gasteiger partial charge in [-0.15, -0.1) is 0 Å². The maximum Gasteiger partial charge on any atom is 0.323 e. The number of benzene rings is 2. The van der Waals surface area contributed by atoms with E-state index in [1.807, 2.05) is 0 Å². The van der Waals surface area contributed by atoms with Gasteiger partial charge < -0.3 is 5.73 Å². The van der Waals surface area contributed by atoms with Gasteiger partial charge in [0, 0.05) is 11.1 Å². The van der Waals surface area contributed by atoms with Gasteiger partial charge in [-0.2, -0.15) is 0 Å². The summed E-state index contributed by atoms with van der Waals surface area (Å²) in [6.45, 7) is 0. The Bertz CT molecular complexity index is 759. The molecular formula is C15H10Cl2N2O2. The lowest BCUT2D eigenvalue weighted by molar-refractivity contribution is 0.0974. The second-order valence-electron chi connectivity index (χ2n) is 4.61. The topological polar surface area (TPSA) is 63.4 Å². The second-order valence-corrected chi connectivity index (χ2v) is 5.94. The average Bonchev–Trinajstić information content (AvgIpc) is 2.53. The van der Waals surface area contributed by atoms with Crippen LogP contribution in [0.3, 0.4) is 0 Å². The summed E-state index contributed by atoms with van der Waals surface area (Å²) in [6.07, 6.45) is 0. The van der Waals surface area contributed by atoms with Crippen LogP contribution in [0.15, 0.2) is 48.5 Å². The number of hydrogen-bond donors (Lipinski definition) is 1. The fourth-order valence-electron chi connectivity index (χ4n) is 2.45. The molecule has 6 heteroatoms. The molecule has 21 heavy (non-hydrogen) atoms. The van der Waals surface area contributed by atoms with Crippen LogP contribution in [0.2, 0.25) is 0 Å². The first-order valence-corrected chi connectivity index (χ1v) is 6.91. The zero-order chi connectivity index (χ0) is 15.2. The van der Waals surface area contributed by atoms with E-state index in [0.717, 1.165) is 0 Å². The lowest BCUT2D eigenvalue weighted by atomic mass is 10.0. The number of carbonyl (C=O) groups is 2. The van der Waals surface area contributed by atoms with Gasteiger partial charge in [0.05, 0.1) is 11.4 Å². The van der Waals surface area contributed by atoms with Crippen molar-refractivity contribution in [1.29, 1.82) is 0 Å². The van der Waals surface area contributed by atoms with Gasteiger partial charge in [0.15, 0.2) is 0 Å². The molecule has 106 valence electrons. The Morgan fingerprint density at radius 3 is 2.24 bits per heavy atom. The number of amides is 2. The Kier molecular flexibility index (Phi) is 3.15. The molecule has 0 saturated heterocycles. The molecule has 0 saturated carbocycles. The van der Waals surface area contributed by atoms with E-state index in [0.29, 0.717) is 16.9 Å². The lowest BCUT2D eigenvalue weighted by Crippen LogP contribution is -2.32. The predicted molar refractivity (Wildman–Crippen MR) is 82.3 cm³/mol. The number of primary amides is 1. The molecule has 4 nitrogen and oxygen atoms in total. The monoisotopic (exact) mass is 320 g/mol. The second kappa shape index (κ2) is 4.76. The molecule has 1 heterocycles. The van der Waals surface area contributed by atoms with Crippen molar-refractivity contribution < 1.29 is 9.59 Å². The van der Waals surface area contributed by atoms with Gasteiger partial charge in [-0.05, 0) is 18.2 Å². The van der Waals surface area contributed by atoms with Crippen LogP contribution in [0.1, 0.15) is 15.9 Å². The molecule has 0 spiro atoms. The van der Waals surface area contributed by atoms with Gasteiger partial charge >= 0.3 is 6.03 Å². The van der Waals surface area contributed by atoms with Gasteiger partial charge in [0.25, 0.3) is 0 Å². The normalized spacial score (nSPS) is 15.9. The predicted octanol–water partition coefficient (Wildman–Crippen LogP) is 3.73. The number of ketones is 1. The van der Waals surface area contributed by atoms with Gasteiger partial charge in [-0.3, -0.25) is 9.69 Å². The highest BCUT2D eigenvalue weighted by molar-refractivity contribution is 6.60. The summed E-state index contributed by atoms with van der Waals surface area (Å²) in [5, 5.41) is 0. The van der Waals surface area contributed by atoms with E-state index in [1.165, 1.54) is 4.90 Å². The average molecular weight is 321 g/mol. The third kappa shape index (κ3) is 1.99. The third-order valence-electron chi connectivity index (χ3n) is 3.38. The zero-order valence-electron chi connectivity index (χ0n) is 10.7. The van der Waals surface area contributed by atoms with Crippen molar-refractivity contribution >= 4 is 46.4 Å². The van der Waals surface area contributed by atoms with Crippen molar-refractivity contribution in [3.63, 3.8) is 0 Å². The molecule has 0 aliphatic carbocycles. The van der Waals surface area contributed by atoms with E-state index >= 15 is 0 Å². The highest BCUT2D eigenvalue weighted by atomic mass is 35.5. The Hall–Kier alpha value is -2.04. The number of alkyl halides is 2. The SMILES string of the molecule is NC(=O)N1c2ccccc2C(=O)C(Cl)(Cl)c2ccccc21. The first kappa shape index (κ1) is 13.9. The van der Waals surface area contributed by atoms with Gasteiger partial charge in [0.1, 0.15) is 0 Å². The summed E-state index contributed by atoms with van der Waals surface area (Å²) in [5.41, 5.74) is 6.83. The van der Waals surface area contributed by atoms with E-state index in [1.54, 1.807) is 48.5 Å². The molecule has 0 fully saturated rings. The van der Waals surface area contributed by atoms with E-state index in [2.05, 4.69) is 0 Å². The van der Waals surface area contributed by atoms with Crippen LogP contribution in [0.5, 0.6) is 0 Å².